The first-order valence-corrected chi connectivity index (χ1v) is 14.1. The number of benzene rings is 2. The van der Waals surface area contributed by atoms with Crippen LogP contribution in [0.3, 0.4) is 0 Å². The van der Waals surface area contributed by atoms with Crippen LogP contribution in [0, 0.1) is 0 Å². The second-order valence-corrected chi connectivity index (χ2v) is 11.7. The van der Waals surface area contributed by atoms with Gasteiger partial charge in [-0.2, -0.15) is 5.10 Å². The van der Waals surface area contributed by atoms with Gasteiger partial charge in [-0.3, -0.25) is 9.36 Å². The number of aromatic nitrogens is 3. The Bertz CT molecular complexity index is 1490. The monoisotopic (exact) mass is 559 g/mol. The number of carbonyl (C=O) groups excluding carboxylic acids is 1. The van der Waals surface area contributed by atoms with Crippen molar-refractivity contribution in [3.63, 3.8) is 0 Å². The van der Waals surface area contributed by atoms with E-state index >= 15 is 0 Å². The van der Waals surface area contributed by atoms with Crippen molar-refractivity contribution in [3.8, 4) is 11.4 Å². The minimum atomic E-state index is -0.318. The first-order chi connectivity index (χ1) is 18.7. The van der Waals surface area contributed by atoms with E-state index in [1.165, 1.54) is 22.3 Å². The number of thioether (sulfide) groups is 1. The van der Waals surface area contributed by atoms with E-state index in [1.54, 1.807) is 12.3 Å². The molecule has 9 heteroatoms. The van der Waals surface area contributed by atoms with Gasteiger partial charge in [0.1, 0.15) is 11.8 Å². The van der Waals surface area contributed by atoms with E-state index in [4.69, 9.17) is 21.1 Å². The molecule has 2 aromatic carbocycles. The Morgan fingerprint density at radius 1 is 1.10 bits per heavy atom. The third-order valence-electron chi connectivity index (χ3n) is 6.58. The number of halogens is 1. The van der Waals surface area contributed by atoms with Crippen molar-refractivity contribution in [1.82, 2.24) is 19.8 Å². The second kappa shape index (κ2) is 11.2. The van der Waals surface area contributed by atoms with Gasteiger partial charge in [0, 0.05) is 23.6 Å². The van der Waals surface area contributed by atoms with E-state index in [0.717, 1.165) is 22.7 Å². The Hall–Kier alpha value is -3.62. The number of hydrogen-bond acceptors (Lipinski definition) is 6. The predicted molar refractivity (Wildman–Crippen MR) is 156 cm³/mol. The lowest BCUT2D eigenvalue weighted by molar-refractivity contribution is -0.130. The fraction of sp³-hybridized carbons (Fsp3) is 0.267. The Labute approximate surface area is 237 Å². The van der Waals surface area contributed by atoms with E-state index in [-0.39, 0.29) is 23.1 Å². The third-order valence-corrected chi connectivity index (χ3v) is 7.78. The number of rotatable bonds is 8. The first kappa shape index (κ1) is 27.0. The van der Waals surface area contributed by atoms with Crippen molar-refractivity contribution in [3.05, 3.63) is 101 Å². The molecule has 39 heavy (non-hydrogen) atoms. The van der Waals surface area contributed by atoms with Crippen LogP contribution in [-0.4, -0.2) is 37.1 Å². The molecule has 0 spiro atoms. The van der Waals surface area contributed by atoms with E-state index in [1.807, 2.05) is 41.0 Å². The van der Waals surface area contributed by atoms with E-state index in [9.17, 15) is 4.79 Å². The number of nitrogens with zero attached hydrogens (tertiary/aromatic N) is 5. The van der Waals surface area contributed by atoms with Crippen LogP contribution in [0.15, 0.2) is 94.3 Å². The minimum Gasteiger partial charge on any atom is -0.467 e. The van der Waals surface area contributed by atoms with E-state index < -0.39 is 0 Å². The van der Waals surface area contributed by atoms with Crippen LogP contribution in [0.1, 0.15) is 50.1 Å². The van der Waals surface area contributed by atoms with Crippen molar-refractivity contribution in [1.29, 1.82) is 0 Å². The standard InChI is InChI=1S/C30H30ClN5O2S/c1-5-16-35-28(21-8-12-22(13-9-21)30(2,3)4)32-33-29(35)39-19-27(37)36-25(26-7-6-17-38-26)18-24(34-36)20-10-14-23(31)15-11-20/h5-15,17,25H,1,16,18-19H2,2-4H3/t25-/m1/s1. The van der Waals surface area contributed by atoms with Gasteiger partial charge in [-0.05, 0) is 40.8 Å². The molecule has 1 amide bonds. The summed E-state index contributed by atoms with van der Waals surface area (Å²) in [6, 6.07) is 19.2. The van der Waals surface area contributed by atoms with Crippen LogP contribution in [0.2, 0.25) is 5.02 Å². The normalized spacial score (nSPS) is 15.4. The molecule has 0 N–H and O–H groups in total. The molecule has 0 radical (unpaired) electrons. The van der Waals surface area contributed by atoms with Crippen molar-refractivity contribution in [2.45, 2.75) is 50.4 Å². The second-order valence-electron chi connectivity index (χ2n) is 10.3. The lowest BCUT2D eigenvalue weighted by atomic mass is 9.87. The summed E-state index contributed by atoms with van der Waals surface area (Å²) in [5.74, 6) is 1.43. The Morgan fingerprint density at radius 3 is 2.46 bits per heavy atom. The molecule has 3 heterocycles. The van der Waals surface area contributed by atoms with Gasteiger partial charge in [0.05, 0.1) is 17.7 Å². The van der Waals surface area contributed by atoms with Gasteiger partial charge < -0.3 is 4.42 Å². The van der Waals surface area contributed by atoms with Gasteiger partial charge in [-0.15, -0.1) is 16.8 Å². The van der Waals surface area contributed by atoms with Crippen LogP contribution in [-0.2, 0) is 16.8 Å². The number of furan rings is 1. The summed E-state index contributed by atoms with van der Waals surface area (Å²) < 4.78 is 7.64. The fourth-order valence-corrected chi connectivity index (χ4v) is 5.40. The molecule has 1 atom stereocenters. The molecule has 1 aliphatic heterocycles. The fourth-order valence-electron chi connectivity index (χ4n) is 4.47. The molecule has 0 aliphatic carbocycles. The quantitative estimate of drug-likeness (QED) is 0.169. The maximum atomic E-state index is 13.5. The Balaban J connectivity index is 1.36. The molecule has 0 bridgehead atoms. The Kier molecular flexibility index (Phi) is 7.77. The van der Waals surface area contributed by atoms with Gasteiger partial charge in [0.25, 0.3) is 5.91 Å². The molecule has 0 saturated heterocycles. The summed E-state index contributed by atoms with van der Waals surface area (Å²) in [5, 5.41) is 16.4. The van der Waals surface area contributed by atoms with Gasteiger partial charge >= 0.3 is 0 Å². The number of carbonyl (C=O) groups is 1. The van der Waals surface area contributed by atoms with E-state index in [0.29, 0.717) is 28.9 Å². The number of hydrogen-bond donors (Lipinski definition) is 0. The van der Waals surface area contributed by atoms with Crippen molar-refractivity contribution in [2.24, 2.45) is 5.10 Å². The predicted octanol–water partition coefficient (Wildman–Crippen LogP) is 7.15. The summed E-state index contributed by atoms with van der Waals surface area (Å²) in [6.45, 7) is 11.0. The van der Waals surface area contributed by atoms with E-state index in [2.05, 4.69) is 61.8 Å². The molecule has 4 aromatic rings. The highest BCUT2D eigenvalue weighted by molar-refractivity contribution is 7.99. The van der Waals surface area contributed by atoms with Crippen LogP contribution >= 0.6 is 23.4 Å². The zero-order chi connectivity index (χ0) is 27.6. The topological polar surface area (TPSA) is 76.5 Å². The first-order valence-electron chi connectivity index (χ1n) is 12.7. The molecule has 1 aliphatic rings. The zero-order valence-electron chi connectivity index (χ0n) is 22.2. The number of amides is 1. The highest BCUT2D eigenvalue weighted by Gasteiger charge is 2.35. The molecule has 0 unspecified atom stereocenters. The summed E-state index contributed by atoms with van der Waals surface area (Å²) in [5.41, 5.74) is 4.00. The summed E-state index contributed by atoms with van der Waals surface area (Å²) in [4.78, 5) is 13.5. The van der Waals surface area contributed by atoms with Gasteiger partial charge in [-0.25, -0.2) is 5.01 Å². The number of allylic oxidation sites excluding steroid dienone is 1. The molecule has 7 nitrogen and oxygen atoms in total. The minimum absolute atomic E-state index is 0.0632. The Morgan fingerprint density at radius 2 is 1.82 bits per heavy atom. The largest absolute Gasteiger partial charge is 0.467 e. The van der Waals surface area contributed by atoms with Gasteiger partial charge in [0.2, 0.25) is 0 Å². The molecule has 5 rings (SSSR count). The van der Waals surface area contributed by atoms with Crippen LogP contribution in [0.25, 0.3) is 11.4 Å². The molecule has 0 fully saturated rings. The maximum absolute atomic E-state index is 13.5. The lowest BCUT2D eigenvalue weighted by Crippen LogP contribution is -2.28. The van der Waals surface area contributed by atoms with Gasteiger partial charge in [-0.1, -0.05) is 86.6 Å². The summed E-state index contributed by atoms with van der Waals surface area (Å²) >= 11 is 7.40. The molecular formula is C30H30ClN5O2S. The van der Waals surface area contributed by atoms with Crippen LogP contribution in [0.5, 0.6) is 0 Å². The molecule has 0 saturated carbocycles. The zero-order valence-corrected chi connectivity index (χ0v) is 23.7. The SMILES string of the molecule is C=CCn1c(SCC(=O)N2N=C(c3ccc(Cl)cc3)C[C@@H]2c2ccco2)nnc1-c1ccc(C(C)(C)C)cc1. The average molecular weight is 560 g/mol. The molecule has 2 aromatic heterocycles. The highest BCUT2D eigenvalue weighted by Crippen LogP contribution is 2.34. The summed E-state index contributed by atoms with van der Waals surface area (Å²) in [6.07, 6.45) is 3.96. The van der Waals surface area contributed by atoms with Gasteiger partial charge in [0.15, 0.2) is 11.0 Å². The van der Waals surface area contributed by atoms with Crippen molar-refractivity contribution < 1.29 is 9.21 Å². The smallest absolute Gasteiger partial charge is 0.253 e. The van der Waals surface area contributed by atoms with Crippen LogP contribution < -0.4 is 0 Å². The average Bonchev–Trinajstić information content (AvgIpc) is 3.68. The van der Waals surface area contributed by atoms with Crippen molar-refractivity contribution >= 4 is 35.0 Å². The summed E-state index contributed by atoms with van der Waals surface area (Å²) in [7, 11) is 0. The molecule has 200 valence electrons. The van der Waals surface area contributed by atoms with Crippen molar-refractivity contribution in [2.75, 3.05) is 5.75 Å². The lowest BCUT2D eigenvalue weighted by Gasteiger charge is -2.19. The highest BCUT2D eigenvalue weighted by atomic mass is 35.5. The molecular weight excluding hydrogens is 530 g/mol. The maximum Gasteiger partial charge on any atom is 0.253 e. The third kappa shape index (κ3) is 5.87. The van der Waals surface area contributed by atoms with Crippen LogP contribution in [0.4, 0.5) is 0 Å². The number of hydrazone groups is 1.